The Morgan fingerprint density at radius 1 is 1.25 bits per heavy atom. The first-order valence-electron chi connectivity index (χ1n) is 5.85. The Balaban J connectivity index is 2.07. The molecule has 0 saturated carbocycles. The molecule has 0 bridgehead atoms. The second-order valence-corrected chi connectivity index (χ2v) is 4.60. The van der Waals surface area contributed by atoms with Gasteiger partial charge >= 0.3 is 0 Å². The lowest BCUT2D eigenvalue weighted by molar-refractivity contribution is 0.731. The monoisotopic (exact) mass is 285 g/mol. The molecule has 0 aliphatic heterocycles. The van der Waals surface area contributed by atoms with Crippen LogP contribution in [0.3, 0.4) is 0 Å². The van der Waals surface area contributed by atoms with E-state index >= 15 is 0 Å². The lowest BCUT2D eigenvalue weighted by Gasteiger charge is -2.20. The van der Waals surface area contributed by atoms with Gasteiger partial charge < -0.3 is 10.6 Å². The predicted molar refractivity (Wildman–Crippen MR) is 79.0 cm³/mol. The molecule has 2 heterocycles. The van der Waals surface area contributed by atoms with Crippen LogP contribution in [0.5, 0.6) is 0 Å². The Bertz CT molecular complexity index is 782. The Hall–Kier alpha value is -2.61. The smallest absolute Gasteiger partial charge is 0.200 e. The molecule has 0 aliphatic carbocycles. The van der Waals surface area contributed by atoms with Crippen molar-refractivity contribution in [3.8, 4) is 0 Å². The summed E-state index contributed by atoms with van der Waals surface area (Å²) in [6, 6.07) is 11.3. The van der Waals surface area contributed by atoms with E-state index in [0.717, 1.165) is 11.3 Å². The topological polar surface area (TPSA) is 85.2 Å². The van der Waals surface area contributed by atoms with Gasteiger partial charge in [-0.15, -0.1) is 14.8 Å². The third-order valence-corrected chi connectivity index (χ3v) is 3.15. The summed E-state index contributed by atoms with van der Waals surface area (Å²) in [4.78, 5) is 2.23. The van der Waals surface area contributed by atoms with Gasteiger partial charge in [0, 0.05) is 12.6 Å². The molecule has 0 aliphatic rings. The van der Waals surface area contributed by atoms with E-state index in [2.05, 4.69) is 20.6 Å². The lowest BCUT2D eigenvalue weighted by Crippen LogP contribution is -2.19. The van der Waals surface area contributed by atoms with Crippen LogP contribution in [0.25, 0.3) is 5.65 Å². The Morgan fingerprint density at radius 2 is 2.05 bits per heavy atom. The summed E-state index contributed by atoms with van der Waals surface area (Å²) < 4.78 is 1.37. The third kappa shape index (κ3) is 2.05. The van der Waals surface area contributed by atoms with Crippen LogP contribution in [-0.2, 0) is 0 Å². The van der Waals surface area contributed by atoms with E-state index < -0.39 is 0 Å². The number of thiocarbonyl (C=S) groups is 1. The van der Waals surface area contributed by atoms with E-state index in [1.165, 1.54) is 4.63 Å². The molecule has 2 aromatic heterocycles. The fraction of sp³-hybridized carbons (Fsp3) is 0.0833. The van der Waals surface area contributed by atoms with E-state index in [1.807, 2.05) is 42.3 Å². The normalized spacial score (nSPS) is 10.7. The third-order valence-electron chi connectivity index (χ3n) is 2.93. The molecule has 7 nitrogen and oxygen atoms in total. The van der Waals surface area contributed by atoms with Gasteiger partial charge in [-0.3, -0.25) is 0 Å². The summed E-state index contributed by atoms with van der Waals surface area (Å²) >= 11 is 5.08. The number of nitrogens with two attached hydrogens (primary N) is 1. The number of anilines is 2. The zero-order valence-electron chi connectivity index (χ0n) is 10.6. The summed E-state index contributed by atoms with van der Waals surface area (Å²) in [7, 11) is 1.88. The Labute approximate surface area is 120 Å². The molecule has 3 rings (SSSR count). The van der Waals surface area contributed by atoms with Crippen LogP contribution in [0, 0.1) is 0 Å². The summed E-state index contributed by atoms with van der Waals surface area (Å²) in [5.41, 5.74) is 8.01. The second kappa shape index (κ2) is 4.82. The largest absolute Gasteiger partial charge is 0.389 e. The molecular weight excluding hydrogens is 274 g/mol. The molecule has 8 heteroatoms. The highest BCUT2D eigenvalue weighted by Gasteiger charge is 2.12. The van der Waals surface area contributed by atoms with Crippen LogP contribution < -0.4 is 10.6 Å². The number of hydrogen-bond acceptors (Lipinski definition) is 6. The first kappa shape index (κ1) is 12.4. The van der Waals surface area contributed by atoms with E-state index in [9.17, 15) is 0 Å². The second-order valence-electron chi connectivity index (χ2n) is 4.16. The average Bonchev–Trinajstić information content (AvgIpc) is 2.93. The zero-order valence-corrected chi connectivity index (χ0v) is 11.4. The first-order valence-corrected chi connectivity index (χ1v) is 6.25. The highest BCUT2D eigenvalue weighted by Crippen LogP contribution is 2.25. The molecule has 100 valence electrons. The van der Waals surface area contributed by atoms with Crippen LogP contribution in [0.2, 0.25) is 0 Å². The van der Waals surface area contributed by atoms with Crippen molar-refractivity contribution >= 4 is 34.4 Å². The SMILES string of the molecule is CN(c1ccc2nnnn2n1)c1ccccc1C(N)=S. The minimum atomic E-state index is 0.343. The number of hydrogen-bond donors (Lipinski definition) is 1. The van der Waals surface area contributed by atoms with Crippen molar-refractivity contribution < 1.29 is 0 Å². The Kier molecular flexibility index (Phi) is 2.99. The van der Waals surface area contributed by atoms with Crippen molar-refractivity contribution in [1.29, 1.82) is 0 Å². The van der Waals surface area contributed by atoms with Crippen LogP contribution in [-0.4, -0.2) is 37.3 Å². The quantitative estimate of drug-likeness (QED) is 0.716. The van der Waals surface area contributed by atoms with Gasteiger partial charge in [0.25, 0.3) is 0 Å². The van der Waals surface area contributed by atoms with Crippen LogP contribution >= 0.6 is 12.2 Å². The number of benzene rings is 1. The number of rotatable bonds is 3. The number of tetrazole rings is 1. The van der Waals surface area contributed by atoms with Gasteiger partial charge in [-0.05, 0) is 34.7 Å². The number of aromatic nitrogens is 5. The van der Waals surface area contributed by atoms with Crippen LogP contribution in [0.1, 0.15) is 5.56 Å². The highest BCUT2D eigenvalue weighted by molar-refractivity contribution is 7.80. The zero-order chi connectivity index (χ0) is 14.1. The molecule has 3 aromatic rings. The van der Waals surface area contributed by atoms with Gasteiger partial charge in [0.1, 0.15) is 4.99 Å². The molecule has 0 spiro atoms. The van der Waals surface area contributed by atoms with Crippen molar-refractivity contribution in [3.05, 3.63) is 42.0 Å². The van der Waals surface area contributed by atoms with Crippen molar-refractivity contribution in [2.75, 3.05) is 11.9 Å². The van der Waals surface area contributed by atoms with Crippen molar-refractivity contribution in [2.24, 2.45) is 5.73 Å². The maximum Gasteiger partial charge on any atom is 0.200 e. The number of nitrogens with zero attached hydrogens (tertiary/aromatic N) is 6. The van der Waals surface area contributed by atoms with E-state index in [4.69, 9.17) is 18.0 Å². The summed E-state index contributed by atoms with van der Waals surface area (Å²) in [6.45, 7) is 0. The fourth-order valence-electron chi connectivity index (χ4n) is 1.92. The molecule has 1 aromatic carbocycles. The molecular formula is C12H11N7S. The summed E-state index contributed by atoms with van der Waals surface area (Å²) in [6.07, 6.45) is 0. The minimum absolute atomic E-state index is 0.343. The van der Waals surface area contributed by atoms with Gasteiger partial charge in [0.05, 0.1) is 5.69 Å². The highest BCUT2D eigenvalue weighted by atomic mass is 32.1. The molecule has 2 N–H and O–H groups in total. The lowest BCUT2D eigenvalue weighted by atomic mass is 10.1. The fourth-order valence-corrected chi connectivity index (χ4v) is 2.09. The molecule has 0 amide bonds. The standard InChI is InChI=1S/C12H11N7S/c1-18(9-5-3-2-4-8(9)12(13)20)11-7-6-10-14-16-17-19(10)15-11/h2-7H,1H3,(H2,13,20). The van der Waals surface area contributed by atoms with Gasteiger partial charge in [0.15, 0.2) is 11.5 Å². The van der Waals surface area contributed by atoms with Gasteiger partial charge in [-0.25, -0.2) is 0 Å². The van der Waals surface area contributed by atoms with Crippen molar-refractivity contribution in [3.63, 3.8) is 0 Å². The van der Waals surface area contributed by atoms with Gasteiger partial charge in [-0.1, -0.05) is 24.4 Å². The van der Waals surface area contributed by atoms with Crippen molar-refractivity contribution in [1.82, 2.24) is 25.3 Å². The van der Waals surface area contributed by atoms with Gasteiger partial charge in [-0.2, -0.15) is 0 Å². The molecule has 0 saturated heterocycles. The maximum atomic E-state index is 5.75. The maximum absolute atomic E-state index is 5.75. The summed E-state index contributed by atoms with van der Waals surface area (Å²) in [5, 5.41) is 15.5. The van der Waals surface area contributed by atoms with E-state index in [0.29, 0.717) is 16.5 Å². The molecule has 0 unspecified atom stereocenters. The van der Waals surface area contributed by atoms with E-state index in [1.54, 1.807) is 6.07 Å². The minimum Gasteiger partial charge on any atom is -0.389 e. The average molecular weight is 285 g/mol. The molecule has 20 heavy (non-hydrogen) atoms. The van der Waals surface area contributed by atoms with Crippen molar-refractivity contribution in [2.45, 2.75) is 0 Å². The predicted octanol–water partition coefficient (Wildman–Crippen LogP) is 0.921. The molecule has 0 fully saturated rings. The van der Waals surface area contributed by atoms with Crippen LogP contribution in [0.15, 0.2) is 36.4 Å². The first-order chi connectivity index (χ1) is 9.66. The van der Waals surface area contributed by atoms with E-state index in [-0.39, 0.29) is 0 Å². The Morgan fingerprint density at radius 3 is 2.85 bits per heavy atom. The number of fused-ring (bicyclic) bond motifs is 1. The van der Waals surface area contributed by atoms with Gasteiger partial charge in [0.2, 0.25) is 0 Å². The molecule has 0 radical (unpaired) electrons. The summed E-state index contributed by atoms with van der Waals surface area (Å²) in [5.74, 6) is 0.688. The number of para-hydroxylation sites is 1. The van der Waals surface area contributed by atoms with Crippen LogP contribution in [0.4, 0.5) is 11.5 Å². The molecule has 0 atom stereocenters.